The van der Waals surface area contributed by atoms with Crippen LogP contribution in [-0.2, 0) is 24.1 Å². The van der Waals surface area contributed by atoms with E-state index in [9.17, 15) is 9.59 Å². The van der Waals surface area contributed by atoms with Gasteiger partial charge in [-0.1, -0.05) is 30.3 Å². The number of anilines is 1. The van der Waals surface area contributed by atoms with E-state index in [1.807, 2.05) is 18.2 Å². The lowest BCUT2D eigenvalue weighted by Crippen LogP contribution is -2.17. The Hall–Kier alpha value is -2.14. The first-order valence-corrected chi connectivity index (χ1v) is 8.75. The number of thiophene rings is 1. The van der Waals surface area contributed by atoms with Gasteiger partial charge in [0.2, 0.25) is 5.91 Å². The molecule has 2 amide bonds. The Bertz CT molecular complexity index is 722. The molecule has 0 fully saturated rings. The van der Waals surface area contributed by atoms with E-state index in [0.717, 1.165) is 37.7 Å². The molecule has 1 aromatic carbocycles. The van der Waals surface area contributed by atoms with E-state index in [-0.39, 0.29) is 5.91 Å². The Morgan fingerprint density at radius 2 is 1.96 bits per heavy atom. The molecule has 120 valence electrons. The first-order valence-electron chi connectivity index (χ1n) is 7.93. The number of nitrogens with two attached hydrogens (primary N) is 1. The molecule has 1 aliphatic rings. The maximum absolute atomic E-state index is 12.1. The quantitative estimate of drug-likeness (QED) is 0.854. The molecule has 2 aromatic rings. The van der Waals surface area contributed by atoms with E-state index >= 15 is 0 Å². The molecule has 23 heavy (non-hydrogen) atoms. The van der Waals surface area contributed by atoms with Gasteiger partial charge in [-0.05, 0) is 43.2 Å². The normalized spacial score (nSPS) is 12.9. The van der Waals surface area contributed by atoms with Crippen molar-refractivity contribution in [2.45, 2.75) is 38.5 Å². The highest BCUT2D eigenvalue weighted by Gasteiger charge is 2.25. The molecule has 0 radical (unpaired) electrons. The summed E-state index contributed by atoms with van der Waals surface area (Å²) in [5.74, 6) is -0.493. The number of benzene rings is 1. The fourth-order valence-electron chi connectivity index (χ4n) is 3.04. The van der Waals surface area contributed by atoms with Gasteiger partial charge >= 0.3 is 0 Å². The number of carbonyl (C=O) groups is 2. The highest BCUT2D eigenvalue weighted by molar-refractivity contribution is 7.17. The minimum atomic E-state index is -0.441. The van der Waals surface area contributed by atoms with E-state index < -0.39 is 5.91 Å². The predicted molar refractivity (Wildman–Crippen MR) is 92.9 cm³/mol. The second-order valence-electron chi connectivity index (χ2n) is 5.81. The van der Waals surface area contributed by atoms with Gasteiger partial charge in [-0.2, -0.15) is 0 Å². The van der Waals surface area contributed by atoms with Crippen molar-refractivity contribution in [2.24, 2.45) is 5.73 Å². The number of primary amides is 1. The number of carbonyl (C=O) groups excluding carboxylic acids is 2. The summed E-state index contributed by atoms with van der Waals surface area (Å²) in [7, 11) is 0. The molecular formula is C18H20N2O2S. The molecule has 1 aromatic heterocycles. The smallest absolute Gasteiger partial charge is 0.251 e. The average molecular weight is 328 g/mol. The van der Waals surface area contributed by atoms with Crippen molar-refractivity contribution in [3.8, 4) is 0 Å². The minimum Gasteiger partial charge on any atom is -0.365 e. The zero-order chi connectivity index (χ0) is 16.2. The van der Waals surface area contributed by atoms with Crippen molar-refractivity contribution >= 4 is 28.2 Å². The number of hydrogen-bond acceptors (Lipinski definition) is 3. The summed E-state index contributed by atoms with van der Waals surface area (Å²) in [6, 6.07) is 10.1. The van der Waals surface area contributed by atoms with Gasteiger partial charge in [0.15, 0.2) is 0 Å². The fourth-order valence-corrected chi connectivity index (χ4v) is 4.35. The van der Waals surface area contributed by atoms with E-state index in [4.69, 9.17) is 5.73 Å². The second-order valence-corrected chi connectivity index (χ2v) is 6.92. The summed E-state index contributed by atoms with van der Waals surface area (Å²) in [4.78, 5) is 25.0. The Labute approximate surface area is 139 Å². The molecule has 4 nitrogen and oxygen atoms in total. The number of aryl methyl sites for hydroxylation is 2. The molecule has 3 N–H and O–H groups in total. The van der Waals surface area contributed by atoms with Crippen molar-refractivity contribution in [2.75, 3.05) is 5.32 Å². The van der Waals surface area contributed by atoms with E-state index in [1.165, 1.54) is 21.8 Å². The van der Waals surface area contributed by atoms with Gasteiger partial charge in [0.1, 0.15) is 5.00 Å². The molecule has 0 atom stereocenters. The van der Waals surface area contributed by atoms with Gasteiger partial charge in [-0.25, -0.2) is 0 Å². The summed E-state index contributed by atoms with van der Waals surface area (Å²) in [5.41, 5.74) is 8.30. The standard InChI is InChI=1S/C18H20N2O2S/c19-17(22)16-13-9-5-10-14(13)23-18(16)20-15(21)11-4-8-12-6-2-1-3-7-12/h1-3,6-7H,4-5,8-11H2,(H2,19,22)(H,20,21). The lowest BCUT2D eigenvalue weighted by Gasteiger charge is -2.06. The zero-order valence-corrected chi connectivity index (χ0v) is 13.7. The van der Waals surface area contributed by atoms with Gasteiger partial charge < -0.3 is 11.1 Å². The van der Waals surface area contributed by atoms with Crippen LogP contribution in [0.15, 0.2) is 30.3 Å². The number of hydrogen-bond donors (Lipinski definition) is 2. The van der Waals surface area contributed by atoms with Crippen LogP contribution >= 0.6 is 11.3 Å². The van der Waals surface area contributed by atoms with Crippen molar-refractivity contribution in [3.63, 3.8) is 0 Å². The molecule has 0 unspecified atom stereocenters. The third-order valence-corrected chi connectivity index (χ3v) is 5.34. The van der Waals surface area contributed by atoms with Crippen LogP contribution in [-0.4, -0.2) is 11.8 Å². The van der Waals surface area contributed by atoms with Gasteiger partial charge in [0.25, 0.3) is 5.91 Å². The van der Waals surface area contributed by atoms with Crippen LogP contribution in [0.3, 0.4) is 0 Å². The Morgan fingerprint density at radius 1 is 1.17 bits per heavy atom. The van der Waals surface area contributed by atoms with E-state index in [2.05, 4.69) is 17.4 Å². The van der Waals surface area contributed by atoms with Crippen LogP contribution in [0.25, 0.3) is 0 Å². The molecule has 0 bridgehead atoms. The van der Waals surface area contributed by atoms with Crippen LogP contribution in [0.1, 0.15) is 45.6 Å². The summed E-state index contributed by atoms with van der Waals surface area (Å²) >= 11 is 1.50. The molecule has 0 aliphatic heterocycles. The number of amides is 2. The summed E-state index contributed by atoms with van der Waals surface area (Å²) in [6.07, 6.45) is 5.02. The van der Waals surface area contributed by atoms with E-state index in [1.54, 1.807) is 0 Å². The van der Waals surface area contributed by atoms with Crippen LogP contribution in [0.4, 0.5) is 5.00 Å². The molecule has 1 aliphatic carbocycles. The van der Waals surface area contributed by atoms with Gasteiger partial charge in [0.05, 0.1) is 5.56 Å². The third kappa shape index (κ3) is 3.62. The Kier molecular flexibility index (Phi) is 4.76. The van der Waals surface area contributed by atoms with E-state index in [0.29, 0.717) is 17.0 Å². The maximum Gasteiger partial charge on any atom is 0.251 e. The molecule has 0 saturated carbocycles. The molecule has 0 saturated heterocycles. The fraction of sp³-hybridized carbons (Fsp3) is 0.333. The topological polar surface area (TPSA) is 72.2 Å². The molecule has 5 heteroatoms. The minimum absolute atomic E-state index is 0.0524. The highest BCUT2D eigenvalue weighted by atomic mass is 32.1. The van der Waals surface area contributed by atoms with Crippen molar-refractivity contribution in [1.29, 1.82) is 0 Å². The zero-order valence-electron chi connectivity index (χ0n) is 12.9. The number of rotatable bonds is 6. The first-order chi connectivity index (χ1) is 11.1. The van der Waals surface area contributed by atoms with Crippen molar-refractivity contribution in [3.05, 3.63) is 51.9 Å². The predicted octanol–water partition coefficient (Wildman–Crippen LogP) is 3.30. The van der Waals surface area contributed by atoms with Crippen molar-refractivity contribution in [1.82, 2.24) is 0 Å². The first kappa shape index (κ1) is 15.7. The molecular weight excluding hydrogens is 308 g/mol. The average Bonchev–Trinajstić information content (AvgIpc) is 3.08. The molecule has 3 rings (SSSR count). The SMILES string of the molecule is NC(=O)c1c(NC(=O)CCCc2ccccc2)sc2c1CCC2. The maximum atomic E-state index is 12.1. The Balaban J connectivity index is 1.59. The highest BCUT2D eigenvalue weighted by Crippen LogP contribution is 2.38. The molecule has 0 spiro atoms. The van der Waals surface area contributed by atoms with Crippen molar-refractivity contribution < 1.29 is 9.59 Å². The van der Waals surface area contributed by atoms with Crippen LogP contribution in [0.2, 0.25) is 0 Å². The van der Waals surface area contributed by atoms with Gasteiger partial charge in [-0.3, -0.25) is 9.59 Å². The molecule has 1 heterocycles. The third-order valence-electron chi connectivity index (χ3n) is 4.13. The monoisotopic (exact) mass is 328 g/mol. The lowest BCUT2D eigenvalue weighted by atomic mass is 10.1. The summed E-state index contributed by atoms with van der Waals surface area (Å²) in [5, 5.41) is 3.52. The number of fused-ring (bicyclic) bond motifs is 1. The Morgan fingerprint density at radius 3 is 2.70 bits per heavy atom. The summed E-state index contributed by atoms with van der Waals surface area (Å²) < 4.78 is 0. The van der Waals surface area contributed by atoms with Crippen LogP contribution in [0.5, 0.6) is 0 Å². The van der Waals surface area contributed by atoms with Gasteiger partial charge in [0, 0.05) is 11.3 Å². The largest absolute Gasteiger partial charge is 0.365 e. The summed E-state index contributed by atoms with van der Waals surface area (Å²) in [6.45, 7) is 0. The second kappa shape index (κ2) is 6.96. The van der Waals surface area contributed by atoms with Gasteiger partial charge in [-0.15, -0.1) is 11.3 Å². The lowest BCUT2D eigenvalue weighted by molar-refractivity contribution is -0.116. The van der Waals surface area contributed by atoms with Crippen LogP contribution < -0.4 is 11.1 Å². The number of nitrogens with one attached hydrogen (secondary N) is 1. The van der Waals surface area contributed by atoms with Crippen LogP contribution in [0, 0.1) is 0 Å².